The van der Waals surface area contributed by atoms with E-state index in [2.05, 4.69) is 0 Å². The van der Waals surface area contributed by atoms with Crippen molar-refractivity contribution >= 4 is 12.0 Å². The van der Waals surface area contributed by atoms with Crippen LogP contribution in [0.15, 0.2) is 24.3 Å². The van der Waals surface area contributed by atoms with E-state index in [1.807, 2.05) is 0 Å². The molecule has 0 aliphatic carbocycles. The molecule has 1 aromatic rings. The second-order valence-electron chi connectivity index (χ2n) is 3.22. The van der Waals surface area contributed by atoms with Crippen LogP contribution in [-0.4, -0.2) is 18.2 Å². The second-order valence-corrected chi connectivity index (χ2v) is 3.22. The monoisotopic (exact) mass is 224 g/mol. The Morgan fingerprint density at radius 3 is 2.94 bits per heavy atom. The number of rotatable bonds is 5. The molecule has 0 heterocycles. The Labute approximate surface area is 93.2 Å². The average molecular weight is 224 g/mol. The number of ether oxygens (including phenoxy) is 1. The van der Waals surface area contributed by atoms with Crippen LogP contribution in [-0.2, 0) is 4.79 Å². The molecule has 0 fully saturated rings. The molecule has 1 rings (SSSR count). The third-order valence-corrected chi connectivity index (χ3v) is 2.01. The summed E-state index contributed by atoms with van der Waals surface area (Å²) in [4.78, 5) is 10.3. The molecular formula is C12H13FO3. The standard InChI is InChI=1S/C12H13FO3/c1-16-11-7-6-10(13)8-9(11)4-2-3-5-12(14)15/h2,4,6-8H,3,5H2,1H3,(H,14,15)/b4-2+. The topological polar surface area (TPSA) is 46.5 Å². The van der Waals surface area contributed by atoms with Crippen molar-refractivity contribution in [2.75, 3.05) is 7.11 Å². The number of carboxylic acid groups (broad SMARTS) is 1. The van der Waals surface area contributed by atoms with Crippen molar-refractivity contribution in [3.05, 3.63) is 35.7 Å². The molecule has 0 saturated heterocycles. The van der Waals surface area contributed by atoms with Crippen LogP contribution in [0.25, 0.3) is 6.08 Å². The van der Waals surface area contributed by atoms with Gasteiger partial charge in [-0.15, -0.1) is 0 Å². The highest BCUT2D eigenvalue weighted by atomic mass is 19.1. The first-order valence-electron chi connectivity index (χ1n) is 4.85. The number of hydrogen-bond acceptors (Lipinski definition) is 2. The quantitative estimate of drug-likeness (QED) is 0.836. The molecular weight excluding hydrogens is 211 g/mol. The molecule has 1 aromatic carbocycles. The number of carbonyl (C=O) groups is 1. The molecule has 16 heavy (non-hydrogen) atoms. The lowest BCUT2D eigenvalue weighted by molar-refractivity contribution is -0.136. The molecule has 3 nitrogen and oxygen atoms in total. The highest BCUT2D eigenvalue weighted by Gasteiger charge is 2.01. The molecule has 1 N–H and O–H groups in total. The van der Waals surface area contributed by atoms with Crippen molar-refractivity contribution in [2.45, 2.75) is 12.8 Å². The van der Waals surface area contributed by atoms with Gasteiger partial charge in [-0.05, 0) is 24.6 Å². The van der Waals surface area contributed by atoms with Gasteiger partial charge >= 0.3 is 5.97 Å². The number of hydrogen-bond donors (Lipinski definition) is 1. The van der Waals surface area contributed by atoms with E-state index in [1.165, 1.54) is 25.3 Å². The van der Waals surface area contributed by atoms with Crippen LogP contribution in [0.4, 0.5) is 4.39 Å². The molecule has 0 radical (unpaired) electrons. The number of methoxy groups -OCH3 is 1. The number of benzene rings is 1. The minimum Gasteiger partial charge on any atom is -0.496 e. The molecule has 0 amide bonds. The third-order valence-electron chi connectivity index (χ3n) is 2.01. The Morgan fingerprint density at radius 2 is 2.31 bits per heavy atom. The van der Waals surface area contributed by atoms with Gasteiger partial charge in [0.05, 0.1) is 7.11 Å². The van der Waals surface area contributed by atoms with E-state index < -0.39 is 5.97 Å². The van der Waals surface area contributed by atoms with Gasteiger partial charge in [-0.3, -0.25) is 4.79 Å². The van der Waals surface area contributed by atoms with Gasteiger partial charge in [0.25, 0.3) is 0 Å². The molecule has 86 valence electrons. The van der Waals surface area contributed by atoms with E-state index in [4.69, 9.17) is 9.84 Å². The predicted molar refractivity (Wildman–Crippen MR) is 58.9 cm³/mol. The first kappa shape index (κ1) is 12.2. The number of allylic oxidation sites excluding steroid dienone is 1. The summed E-state index contributed by atoms with van der Waals surface area (Å²) in [6, 6.07) is 4.19. The predicted octanol–water partition coefficient (Wildman–Crippen LogP) is 2.71. The fraction of sp³-hybridized carbons (Fsp3) is 0.250. The van der Waals surface area contributed by atoms with Gasteiger partial charge in [0.2, 0.25) is 0 Å². The van der Waals surface area contributed by atoms with Crippen molar-refractivity contribution in [1.29, 1.82) is 0 Å². The molecule has 0 aromatic heterocycles. The SMILES string of the molecule is COc1ccc(F)cc1/C=C/CCC(=O)O. The Morgan fingerprint density at radius 1 is 1.56 bits per heavy atom. The summed E-state index contributed by atoms with van der Waals surface area (Å²) in [6.45, 7) is 0. The van der Waals surface area contributed by atoms with Crippen molar-refractivity contribution in [3.8, 4) is 5.75 Å². The summed E-state index contributed by atoms with van der Waals surface area (Å²) in [5, 5.41) is 8.44. The zero-order chi connectivity index (χ0) is 12.0. The summed E-state index contributed by atoms with van der Waals surface area (Å²) < 4.78 is 18.0. The molecule has 0 bridgehead atoms. The summed E-state index contributed by atoms with van der Waals surface area (Å²) >= 11 is 0. The lowest BCUT2D eigenvalue weighted by Gasteiger charge is -2.03. The van der Waals surface area contributed by atoms with Crippen LogP contribution in [0, 0.1) is 5.82 Å². The first-order chi connectivity index (χ1) is 7.63. The lowest BCUT2D eigenvalue weighted by Crippen LogP contribution is -1.92. The van der Waals surface area contributed by atoms with Crippen LogP contribution < -0.4 is 4.74 Å². The van der Waals surface area contributed by atoms with E-state index in [0.29, 0.717) is 17.7 Å². The highest BCUT2D eigenvalue weighted by molar-refractivity contribution is 5.67. The first-order valence-corrected chi connectivity index (χ1v) is 4.85. The van der Waals surface area contributed by atoms with Crippen molar-refractivity contribution in [1.82, 2.24) is 0 Å². The fourth-order valence-corrected chi connectivity index (χ4v) is 1.25. The van der Waals surface area contributed by atoms with Gasteiger partial charge in [0, 0.05) is 12.0 Å². The lowest BCUT2D eigenvalue weighted by atomic mass is 10.1. The van der Waals surface area contributed by atoms with Gasteiger partial charge in [-0.1, -0.05) is 12.2 Å². The molecule has 4 heteroatoms. The van der Waals surface area contributed by atoms with Crippen LogP contribution in [0.1, 0.15) is 18.4 Å². The fourth-order valence-electron chi connectivity index (χ4n) is 1.25. The van der Waals surface area contributed by atoms with E-state index >= 15 is 0 Å². The normalized spacial score (nSPS) is 10.6. The van der Waals surface area contributed by atoms with Crippen molar-refractivity contribution in [2.24, 2.45) is 0 Å². The number of aliphatic carboxylic acids is 1. The van der Waals surface area contributed by atoms with Gasteiger partial charge in [-0.25, -0.2) is 4.39 Å². The van der Waals surface area contributed by atoms with Crippen LogP contribution >= 0.6 is 0 Å². The Bertz CT molecular complexity index is 399. The molecule has 0 aliphatic rings. The van der Waals surface area contributed by atoms with E-state index in [-0.39, 0.29) is 12.2 Å². The summed E-state index contributed by atoms with van der Waals surface area (Å²) in [6.07, 6.45) is 3.82. The third kappa shape index (κ3) is 3.73. The molecule has 0 saturated carbocycles. The minimum absolute atomic E-state index is 0.0636. The van der Waals surface area contributed by atoms with Gasteiger partial charge in [0.15, 0.2) is 0 Å². The Hall–Kier alpha value is -1.84. The van der Waals surface area contributed by atoms with Gasteiger partial charge in [-0.2, -0.15) is 0 Å². The minimum atomic E-state index is -0.851. The number of halogens is 1. The van der Waals surface area contributed by atoms with Crippen molar-refractivity contribution in [3.63, 3.8) is 0 Å². The number of carboxylic acids is 1. The Balaban J connectivity index is 2.71. The maximum absolute atomic E-state index is 12.9. The average Bonchev–Trinajstić information content (AvgIpc) is 2.24. The summed E-state index contributed by atoms with van der Waals surface area (Å²) in [7, 11) is 1.50. The molecule has 0 aliphatic heterocycles. The molecule has 0 unspecified atom stereocenters. The zero-order valence-corrected chi connectivity index (χ0v) is 8.94. The van der Waals surface area contributed by atoms with Crippen LogP contribution in [0.3, 0.4) is 0 Å². The smallest absolute Gasteiger partial charge is 0.303 e. The second kappa shape index (κ2) is 5.90. The van der Waals surface area contributed by atoms with Gasteiger partial charge in [0.1, 0.15) is 11.6 Å². The van der Waals surface area contributed by atoms with E-state index in [1.54, 1.807) is 12.2 Å². The largest absolute Gasteiger partial charge is 0.496 e. The van der Waals surface area contributed by atoms with Crippen LogP contribution in [0.5, 0.6) is 5.75 Å². The summed E-state index contributed by atoms with van der Waals surface area (Å²) in [5.41, 5.74) is 0.605. The van der Waals surface area contributed by atoms with Crippen LogP contribution in [0.2, 0.25) is 0 Å². The van der Waals surface area contributed by atoms with Crippen molar-refractivity contribution < 1.29 is 19.0 Å². The Kier molecular flexibility index (Phi) is 4.51. The molecule has 0 atom stereocenters. The maximum atomic E-state index is 12.9. The zero-order valence-electron chi connectivity index (χ0n) is 8.94. The summed E-state index contributed by atoms with van der Waals surface area (Å²) in [5.74, 6) is -0.637. The molecule has 0 spiro atoms. The maximum Gasteiger partial charge on any atom is 0.303 e. The van der Waals surface area contributed by atoms with E-state index in [0.717, 1.165) is 0 Å². The highest BCUT2D eigenvalue weighted by Crippen LogP contribution is 2.20. The van der Waals surface area contributed by atoms with Gasteiger partial charge < -0.3 is 9.84 Å². The van der Waals surface area contributed by atoms with E-state index in [9.17, 15) is 9.18 Å².